The maximum atomic E-state index is 12.7. The van der Waals surface area contributed by atoms with E-state index < -0.39 is 5.97 Å². The Morgan fingerprint density at radius 3 is 2.58 bits per heavy atom. The van der Waals surface area contributed by atoms with E-state index in [0.717, 1.165) is 0 Å². The SMILES string of the molecule is Nc1c(Cl)cccc1C(=O)OCc1ccc(F)cc1. The molecule has 0 atom stereocenters. The second kappa shape index (κ2) is 5.71. The number of anilines is 1. The van der Waals surface area contributed by atoms with Crippen molar-refractivity contribution in [2.45, 2.75) is 6.61 Å². The molecule has 0 saturated heterocycles. The number of hydrogen-bond donors (Lipinski definition) is 1. The zero-order chi connectivity index (χ0) is 13.8. The number of nitrogen functional groups attached to an aromatic ring is 1. The summed E-state index contributed by atoms with van der Waals surface area (Å²) in [5.74, 6) is -0.904. The van der Waals surface area contributed by atoms with Crippen molar-refractivity contribution in [3.63, 3.8) is 0 Å². The number of benzene rings is 2. The second-order valence-corrected chi connectivity index (χ2v) is 4.31. The van der Waals surface area contributed by atoms with E-state index >= 15 is 0 Å². The minimum atomic E-state index is -0.565. The Bertz CT molecular complexity index is 599. The molecule has 0 aliphatic rings. The number of para-hydroxylation sites is 1. The Morgan fingerprint density at radius 1 is 1.21 bits per heavy atom. The number of halogens is 2. The molecule has 0 saturated carbocycles. The van der Waals surface area contributed by atoms with Crippen LogP contribution < -0.4 is 5.73 Å². The minimum absolute atomic E-state index is 0.0467. The number of esters is 1. The first-order valence-electron chi connectivity index (χ1n) is 5.53. The van der Waals surface area contributed by atoms with Gasteiger partial charge in [-0.25, -0.2) is 9.18 Å². The molecular weight excluding hydrogens is 269 g/mol. The molecule has 0 spiro atoms. The Kier molecular flexibility index (Phi) is 4.02. The Morgan fingerprint density at radius 2 is 1.89 bits per heavy atom. The molecule has 2 aromatic carbocycles. The number of hydrogen-bond acceptors (Lipinski definition) is 3. The van der Waals surface area contributed by atoms with Gasteiger partial charge in [0.2, 0.25) is 0 Å². The average molecular weight is 280 g/mol. The smallest absolute Gasteiger partial charge is 0.340 e. The zero-order valence-corrected chi connectivity index (χ0v) is 10.7. The van der Waals surface area contributed by atoms with Crippen LogP contribution in [0.2, 0.25) is 5.02 Å². The maximum absolute atomic E-state index is 12.7. The molecule has 0 unspecified atom stereocenters. The van der Waals surface area contributed by atoms with Gasteiger partial charge in [0.1, 0.15) is 12.4 Å². The highest BCUT2D eigenvalue weighted by molar-refractivity contribution is 6.33. The van der Waals surface area contributed by atoms with Crippen LogP contribution in [0.5, 0.6) is 0 Å². The third-order valence-electron chi connectivity index (χ3n) is 2.56. The van der Waals surface area contributed by atoms with Crippen molar-refractivity contribution in [3.8, 4) is 0 Å². The van der Waals surface area contributed by atoms with E-state index in [9.17, 15) is 9.18 Å². The first-order chi connectivity index (χ1) is 9.08. The third-order valence-corrected chi connectivity index (χ3v) is 2.89. The lowest BCUT2D eigenvalue weighted by Crippen LogP contribution is -2.08. The zero-order valence-electron chi connectivity index (χ0n) is 9.90. The van der Waals surface area contributed by atoms with Gasteiger partial charge in [-0.3, -0.25) is 0 Å². The van der Waals surface area contributed by atoms with E-state index in [-0.39, 0.29) is 23.7 Å². The van der Waals surface area contributed by atoms with Crippen LogP contribution in [0.1, 0.15) is 15.9 Å². The summed E-state index contributed by atoms with van der Waals surface area (Å²) in [5.41, 5.74) is 6.79. The lowest BCUT2D eigenvalue weighted by atomic mass is 10.2. The van der Waals surface area contributed by atoms with Crippen molar-refractivity contribution < 1.29 is 13.9 Å². The second-order valence-electron chi connectivity index (χ2n) is 3.90. The number of nitrogens with two attached hydrogens (primary N) is 1. The van der Waals surface area contributed by atoms with Gasteiger partial charge in [-0.2, -0.15) is 0 Å². The molecule has 2 rings (SSSR count). The van der Waals surface area contributed by atoms with Crippen molar-refractivity contribution in [1.29, 1.82) is 0 Å². The Balaban J connectivity index is 2.05. The van der Waals surface area contributed by atoms with E-state index in [1.54, 1.807) is 24.3 Å². The fraction of sp³-hybridized carbons (Fsp3) is 0.0714. The molecule has 0 amide bonds. The van der Waals surface area contributed by atoms with Crippen molar-refractivity contribution in [3.05, 3.63) is 64.4 Å². The number of carbonyl (C=O) groups excluding carboxylic acids is 1. The number of carbonyl (C=O) groups is 1. The number of rotatable bonds is 3. The van der Waals surface area contributed by atoms with Crippen LogP contribution >= 0.6 is 11.6 Å². The lowest BCUT2D eigenvalue weighted by molar-refractivity contribution is 0.0474. The van der Waals surface area contributed by atoms with Crippen molar-refractivity contribution in [1.82, 2.24) is 0 Å². The van der Waals surface area contributed by atoms with Gasteiger partial charge in [0, 0.05) is 0 Å². The average Bonchev–Trinajstić information content (AvgIpc) is 2.41. The van der Waals surface area contributed by atoms with E-state index in [1.165, 1.54) is 18.2 Å². The predicted molar refractivity (Wildman–Crippen MR) is 71.4 cm³/mol. The Labute approximate surface area is 114 Å². The first kappa shape index (κ1) is 13.4. The van der Waals surface area contributed by atoms with Gasteiger partial charge in [0.25, 0.3) is 0 Å². The summed E-state index contributed by atoms with van der Waals surface area (Å²) in [4.78, 5) is 11.8. The highest BCUT2D eigenvalue weighted by Crippen LogP contribution is 2.23. The van der Waals surface area contributed by atoms with Crippen LogP contribution in [0.25, 0.3) is 0 Å². The molecule has 0 heterocycles. The van der Waals surface area contributed by atoms with Crippen LogP contribution in [-0.4, -0.2) is 5.97 Å². The lowest BCUT2D eigenvalue weighted by Gasteiger charge is -2.08. The molecule has 0 aromatic heterocycles. The van der Waals surface area contributed by atoms with Crippen LogP contribution in [0.3, 0.4) is 0 Å². The van der Waals surface area contributed by atoms with Crippen molar-refractivity contribution >= 4 is 23.3 Å². The summed E-state index contributed by atoms with van der Waals surface area (Å²) < 4.78 is 17.8. The molecular formula is C14H11ClFNO2. The van der Waals surface area contributed by atoms with Crippen molar-refractivity contribution in [2.75, 3.05) is 5.73 Å². The topological polar surface area (TPSA) is 52.3 Å². The van der Waals surface area contributed by atoms with E-state index in [4.69, 9.17) is 22.1 Å². The van der Waals surface area contributed by atoms with Crippen LogP contribution in [0.15, 0.2) is 42.5 Å². The molecule has 19 heavy (non-hydrogen) atoms. The van der Waals surface area contributed by atoms with Gasteiger partial charge in [-0.1, -0.05) is 29.8 Å². The third kappa shape index (κ3) is 3.23. The van der Waals surface area contributed by atoms with Crippen LogP contribution in [0.4, 0.5) is 10.1 Å². The molecule has 2 aromatic rings. The highest BCUT2D eigenvalue weighted by Gasteiger charge is 2.13. The maximum Gasteiger partial charge on any atom is 0.340 e. The van der Waals surface area contributed by atoms with Gasteiger partial charge in [-0.05, 0) is 29.8 Å². The number of ether oxygens (including phenoxy) is 1. The normalized spacial score (nSPS) is 10.2. The molecule has 5 heteroatoms. The van der Waals surface area contributed by atoms with Gasteiger partial charge < -0.3 is 10.5 Å². The Hall–Kier alpha value is -2.07. The van der Waals surface area contributed by atoms with Crippen LogP contribution in [0, 0.1) is 5.82 Å². The molecule has 0 aliphatic heterocycles. The summed E-state index contributed by atoms with van der Waals surface area (Å²) in [6, 6.07) is 10.4. The summed E-state index contributed by atoms with van der Waals surface area (Å²) >= 11 is 5.82. The standard InChI is InChI=1S/C14H11ClFNO2/c15-12-3-1-2-11(13(12)17)14(18)19-8-9-4-6-10(16)7-5-9/h1-7H,8,17H2. The highest BCUT2D eigenvalue weighted by atomic mass is 35.5. The molecule has 2 N–H and O–H groups in total. The molecule has 98 valence electrons. The van der Waals surface area contributed by atoms with E-state index in [2.05, 4.69) is 0 Å². The van der Waals surface area contributed by atoms with E-state index in [0.29, 0.717) is 10.6 Å². The summed E-state index contributed by atoms with van der Waals surface area (Å²) in [6.07, 6.45) is 0. The van der Waals surface area contributed by atoms with Gasteiger partial charge >= 0.3 is 5.97 Å². The summed E-state index contributed by atoms with van der Waals surface area (Å²) in [7, 11) is 0. The van der Waals surface area contributed by atoms with Gasteiger partial charge in [0.15, 0.2) is 0 Å². The first-order valence-corrected chi connectivity index (χ1v) is 5.91. The summed E-state index contributed by atoms with van der Waals surface area (Å²) in [5, 5.41) is 0.302. The fourth-order valence-corrected chi connectivity index (χ4v) is 1.70. The fourth-order valence-electron chi connectivity index (χ4n) is 1.52. The predicted octanol–water partition coefficient (Wildman–Crippen LogP) is 3.42. The minimum Gasteiger partial charge on any atom is -0.457 e. The molecule has 3 nitrogen and oxygen atoms in total. The molecule has 0 fully saturated rings. The van der Waals surface area contributed by atoms with Crippen molar-refractivity contribution in [2.24, 2.45) is 0 Å². The van der Waals surface area contributed by atoms with Crippen LogP contribution in [-0.2, 0) is 11.3 Å². The summed E-state index contributed by atoms with van der Waals surface area (Å²) in [6.45, 7) is 0.0467. The largest absolute Gasteiger partial charge is 0.457 e. The molecule has 0 bridgehead atoms. The van der Waals surface area contributed by atoms with Gasteiger partial charge in [0.05, 0.1) is 16.3 Å². The molecule has 0 aliphatic carbocycles. The van der Waals surface area contributed by atoms with Gasteiger partial charge in [-0.15, -0.1) is 0 Å². The monoisotopic (exact) mass is 279 g/mol. The quantitative estimate of drug-likeness (QED) is 0.692. The van der Waals surface area contributed by atoms with E-state index in [1.807, 2.05) is 0 Å². The molecule has 0 radical (unpaired) electrons.